The molecule has 0 aliphatic rings. The highest BCUT2D eigenvalue weighted by Crippen LogP contribution is 2.29. The molecule has 0 aliphatic heterocycles. The Morgan fingerprint density at radius 3 is 2.64 bits per heavy atom. The van der Waals surface area contributed by atoms with Crippen LogP contribution in [0.1, 0.15) is 12.5 Å². The van der Waals surface area contributed by atoms with Crippen molar-refractivity contribution >= 4 is 5.97 Å². The summed E-state index contributed by atoms with van der Waals surface area (Å²) in [5, 5.41) is 18.0. The number of hydrogen-bond acceptors (Lipinski definition) is 3. The maximum Gasteiger partial charge on any atom is 0.328 e. The number of halogens is 1. The Labute approximate surface area is 79.8 Å². The lowest BCUT2D eigenvalue weighted by Gasteiger charge is -2.20. The second kappa shape index (κ2) is 3.26. The van der Waals surface area contributed by atoms with E-state index in [-0.39, 0.29) is 5.56 Å². The third kappa shape index (κ3) is 1.54. The van der Waals surface area contributed by atoms with E-state index in [0.717, 1.165) is 6.07 Å². The molecule has 0 aromatic heterocycles. The van der Waals surface area contributed by atoms with Gasteiger partial charge in [-0.05, 0) is 13.0 Å². The van der Waals surface area contributed by atoms with E-state index in [4.69, 9.17) is 10.8 Å². The smallest absolute Gasteiger partial charge is 0.328 e. The number of hydrogen-bond donors (Lipinski definition) is 3. The normalized spacial score (nSPS) is 14.8. The molecular weight excluding hydrogens is 189 g/mol. The van der Waals surface area contributed by atoms with Crippen LogP contribution in [0, 0.1) is 5.82 Å². The van der Waals surface area contributed by atoms with Gasteiger partial charge in [0.15, 0.2) is 11.6 Å². The highest BCUT2D eigenvalue weighted by atomic mass is 19.1. The first-order valence-corrected chi connectivity index (χ1v) is 3.87. The van der Waals surface area contributed by atoms with Crippen molar-refractivity contribution in [3.63, 3.8) is 0 Å². The summed E-state index contributed by atoms with van der Waals surface area (Å²) >= 11 is 0. The first kappa shape index (κ1) is 10.5. The molecule has 5 heteroatoms. The quantitative estimate of drug-likeness (QED) is 0.657. The van der Waals surface area contributed by atoms with Crippen LogP contribution >= 0.6 is 0 Å². The van der Waals surface area contributed by atoms with Gasteiger partial charge in [0.1, 0.15) is 5.54 Å². The molecule has 1 atom stereocenters. The summed E-state index contributed by atoms with van der Waals surface area (Å²) in [6.07, 6.45) is 0. The van der Waals surface area contributed by atoms with Crippen LogP contribution in [0.25, 0.3) is 0 Å². The number of aromatic hydroxyl groups is 1. The molecule has 0 heterocycles. The fourth-order valence-corrected chi connectivity index (χ4v) is 1.05. The Balaban J connectivity index is 3.33. The summed E-state index contributed by atoms with van der Waals surface area (Å²) in [6, 6.07) is 3.59. The van der Waals surface area contributed by atoms with Crippen LogP contribution in [0.3, 0.4) is 0 Å². The zero-order chi connectivity index (χ0) is 10.9. The Morgan fingerprint density at radius 1 is 1.57 bits per heavy atom. The minimum atomic E-state index is -1.80. The third-order valence-electron chi connectivity index (χ3n) is 1.99. The molecule has 76 valence electrons. The van der Waals surface area contributed by atoms with E-state index in [0.29, 0.717) is 0 Å². The van der Waals surface area contributed by atoms with Crippen LogP contribution in [0.2, 0.25) is 0 Å². The lowest BCUT2D eigenvalue weighted by Crippen LogP contribution is -2.41. The maximum absolute atomic E-state index is 12.9. The number of phenolic OH excluding ortho intramolecular Hbond substituents is 1. The minimum Gasteiger partial charge on any atom is -0.505 e. The lowest BCUT2D eigenvalue weighted by atomic mass is 9.92. The Bertz CT molecular complexity index is 376. The van der Waals surface area contributed by atoms with E-state index in [1.54, 1.807) is 0 Å². The molecule has 0 amide bonds. The summed E-state index contributed by atoms with van der Waals surface area (Å²) in [5.41, 5.74) is 3.48. The molecular formula is C9H10FNO3. The van der Waals surface area contributed by atoms with Crippen molar-refractivity contribution in [2.75, 3.05) is 0 Å². The van der Waals surface area contributed by atoms with E-state index < -0.39 is 23.1 Å². The Morgan fingerprint density at radius 2 is 2.14 bits per heavy atom. The molecule has 0 aliphatic carbocycles. The van der Waals surface area contributed by atoms with Crippen molar-refractivity contribution in [3.8, 4) is 5.75 Å². The van der Waals surface area contributed by atoms with Gasteiger partial charge in [0, 0.05) is 5.56 Å². The Hall–Kier alpha value is -1.62. The van der Waals surface area contributed by atoms with Gasteiger partial charge in [-0.2, -0.15) is 0 Å². The highest BCUT2D eigenvalue weighted by Gasteiger charge is 2.33. The summed E-state index contributed by atoms with van der Waals surface area (Å²) < 4.78 is 12.9. The van der Waals surface area contributed by atoms with Gasteiger partial charge in [0.05, 0.1) is 0 Å². The van der Waals surface area contributed by atoms with Gasteiger partial charge in [0.25, 0.3) is 0 Å². The number of rotatable bonds is 2. The van der Waals surface area contributed by atoms with Crippen molar-refractivity contribution in [2.45, 2.75) is 12.5 Å². The van der Waals surface area contributed by atoms with Gasteiger partial charge >= 0.3 is 5.97 Å². The van der Waals surface area contributed by atoms with Gasteiger partial charge < -0.3 is 15.9 Å². The molecule has 0 saturated heterocycles. The topological polar surface area (TPSA) is 83.6 Å². The van der Waals surface area contributed by atoms with Crippen molar-refractivity contribution in [3.05, 3.63) is 29.6 Å². The summed E-state index contributed by atoms with van der Waals surface area (Å²) in [7, 11) is 0. The van der Waals surface area contributed by atoms with E-state index in [1.165, 1.54) is 19.1 Å². The summed E-state index contributed by atoms with van der Waals surface area (Å²) in [5.74, 6) is -2.95. The average Bonchev–Trinajstić information content (AvgIpc) is 2.09. The third-order valence-corrected chi connectivity index (χ3v) is 1.99. The fourth-order valence-electron chi connectivity index (χ4n) is 1.05. The maximum atomic E-state index is 12.9. The van der Waals surface area contributed by atoms with Gasteiger partial charge in [-0.15, -0.1) is 0 Å². The van der Waals surface area contributed by atoms with Crippen LogP contribution in [-0.4, -0.2) is 16.2 Å². The molecule has 0 saturated carbocycles. The van der Waals surface area contributed by atoms with Gasteiger partial charge in [-0.25, -0.2) is 9.18 Å². The van der Waals surface area contributed by atoms with Crippen LogP contribution in [-0.2, 0) is 10.3 Å². The highest BCUT2D eigenvalue weighted by molar-refractivity contribution is 5.81. The number of phenols is 1. The molecule has 0 unspecified atom stereocenters. The number of carboxylic acid groups (broad SMARTS) is 1. The van der Waals surface area contributed by atoms with Crippen molar-refractivity contribution in [1.29, 1.82) is 0 Å². The van der Waals surface area contributed by atoms with Crippen molar-refractivity contribution in [2.24, 2.45) is 5.73 Å². The van der Waals surface area contributed by atoms with Crippen LogP contribution in [0.5, 0.6) is 5.75 Å². The first-order valence-electron chi connectivity index (χ1n) is 3.87. The van der Waals surface area contributed by atoms with Crippen molar-refractivity contribution < 1.29 is 19.4 Å². The second-order valence-corrected chi connectivity index (χ2v) is 3.14. The summed E-state index contributed by atoms with van der Waals surface area (Å²) in [4.78, 5) is 10.7. The Kier molecular flexibility index (Phi) is 2.44. The molecule has 4 nitrogen and oxygen atoms in total. The van der Waals surface area contributed by atoms with E-state index in [1.807, 2.05) is 0 Å². The zero-order valence-corrected chi connectivity index (χ0v) is 7.49. The van der Waals surface area contributed by atoms with E-state index in [9.17, 15) is 14.3 Å². The molecule has 4 N–H and O–H groups in total. The molecule has 14 heavy (non-hydrogen) atoms. The number of benzene rings is 1. The number of aliphatic carboxylic acids is 1. The number of carboxylic acids is 1. The molecule has 1 aromatic rings. The van der Waals surface area contributed by atoms with Gasteiger partial charge in [0.2, 0.25) is 0 Å². The number of carbonyl (C=O) groups is 1. The van der Waals surface area contributed by atoms with Crippen LogP contribution < -0.4 is 5.73 Å². The minimum absolute atomic E-state index is 0.148. The molecule has 0 spiro atoms. The summed E-state index contributed by atoms with van der Waals surface area (Å²) in [6.45, 7) is 1.18. The van der Waals surface area contributed by atoms with E-state index in [2.05, 4.69) is 0 Å². The first-order chi connectivity index (χ1) is 6.37. The molecule has 1 aromatic carbocycles. The van der Waals surface area contributed by atoms with Crippen LogP contribution in [0.15, 0.2) is 18.2 Å². The van der Waals surface area contributed by atoms with Crippen molar-refractivity contribution in [1.82, 2.24) is 0 Å². The molecule has 0 fully saturated rings. The second-order valence-electron chi connectivity index (χ2n) is 3.14. The molecule has 1 rings (SSSR count). The van der Waals surface area contributed by atoms with Gasteiger partial charge in [-0.3, -0.25) is 0 Å². The van der Waals surface area contributed by atoms with Gasteiger partial charge in [-0.1, -0.05) is 12.1 Å². The largest absolute Gasteiger partial charge is 0.505 e. The number of para-hydroxylation sites is 1. The predicted octanol–water partition coefficient (Wildman–Crippen LogP) is 0.790. The molecule has 0 bridgehead atoms. The lowest BCUT2D eigenvalue weighted by molar-refractivity contribution is -0.143. The fraction of sp³-hybridized carbons (Fsp3) is 0.222. The predicted molar refractivity (Wildman–Crippen MR) is 47.2 cm³/mol. The van der Waals surface area contributed by atoms with E-state index >= 15 is 0 Å². The average molecular weight is 199 g/mol. The SMILES string of the molecule is C[C@](N)(C(=O)O)c1cccc(F)c1O. The molecule has 0 radical (unpaired) electrons. The monoisotopic (exact) mass is 199 g/mol. The van der Waals surface area contributed by atoms with Crippen LogP contribution in [0.4, 0.5) is 4.39 Å². The zero-order valence-electron chi connectivity index (χ0n) is 7.49. The number of nitrogens with two attached hydrogens (primary N) is 1. The standard InChI is InChI=1S/C9H10FNO3/c1-9(11,8(13)14)5-3-2-4-6(10)7(5)12/h2-4,12H,11H2,1H3,(H,13,14)/t9-/m1/s1.